The van der Waals surface area contributed by atoms with Gasteiger partial charge in [0.15, 0.2) is 0 Å². The van der Waals surface area contributed by atoms with Crippen molar-refractivity contribution in [1.82, 2.24) is 0 Å². The predicted octanol–water partition coefficient (Wildman–Crippen LogP) is 0.750. The maximum Gasteiger partial charge on any atom is 2.00 e. The van der Waals surface area contributed by atoms with Crippen LogP contribution in [0.25, 0.3) is 11.5 Å². The van der Waals surface area contributed by atoms with E-state index in [0.29, 0.717) is 0 Å². The first-order valence-electron chi connectivity index (χ1n) is 3.23. The predicted molar refractivity (Wildman–Crippen MR) is 41.9 cm³/mol. The second-order valence-corrected chi connectivity index (χ2v) is 2.50. The van der Waals surface area contributed by atoms with Crippen molar-refractivity contribution in [3.63, 3.8) is 0 Å². The zero-order valence-electron chi connectivity index (χ0n) is 6.30. The second-order valence-electron chi connectivity index (χ2n) is 2.50. The Morgan fingerprint density at radius 1 is 0.818 bits per heavy atom. The summed E-state index contributed by atoms with van der Waals surface area (Å²) in [4.78, 5) is 0. The van der Waals surface area contributed by atoms with E-state index in [1.165, 1.54) is 12.8 Å². The average Bonchev–Trinajstić information content (AvgIpc) is 1.77. The molecule has 11 heavy (non-hydrogen) atoms. The topological polar surface area (TPSA) is 111 Å². The second kappa shape index (κ2) is 8.62. The summed E-state index contributed by atoms with van der Waals surface area (Å²) in [6, 6.07) is -0.160. The summed E-state index contributed by atoms with van der Waals surface area (Å²) in [7, 11) is 0. The molecule has 0 unspecified atom stereocenters. The molecule has 72 valence electrons. The molecule has 0 spiro atoms. The largest absolute Gasteiger partial charge is 2.00 e. The minimum absolute atomic E-state index is 0. The van der Waals surface area contributed by atoms with Crippen LogP contribution in [0.2, 0.25) is 0 Å². The fourth-order valence-corrected chi connectivity index (χ4v) is 1.13. The van der Waals surface area contributed by atoms with Crippen molar-refractivity contribution < 1.29 is 32.0 Å². The molecular weight excluding hydrogens is 327 g/mol. The van der Waals surface area contributed by atoms with Crippen molar-refractivity contribution >= 4 is 0 Å². The molecule has 2 atom stereocenters. The molecule has 0 aliphatic heterocycles. The van der Waals surface area contributed by atoms with Crippen LogP contribution >= 0.6 is 0 Å². The zero-order chi connectivity index (χ0) is 5.98. The zero-order valence-corrected chi connectivity index (χ0v) is 8.57. The summed E-state index contributed by atoms with van der Waals surface area (Å²) in [6.45, 7) is 0. The quantitative estimate of drug-likeness (QED) is 0.618. The van der Waals surface area contributed by atoms with Gasteiger partial charge in [0.2, 0.25) is 0 Å². The molecule has 1 fully saturated rings. The van der Waals surface area contributed by atoms with E-state index in [0.717, 1.165) is 12.8 Å². The van der Waals surface area contributed by atoms with Gasteiger partial charge >= 0.3 is 21.1 Å². The molecule has 1 aliphatic carbocycles. The minimum atomic E-state index is -0.0799. The average molecular weight is 343 g/mol. The summed E-state index contributed by atoms with van der Waals surface area (Å²) < 4.78 is 0. The fraction of sp³-hybridized carbons (Fsp3) is 1.00. The maximum absolute atomic E-state index is 7.29. The van der Waals surface area contributed by atoms with Crippen molar-refractivity contribution in [3.05, 3.63) is 11.5 Å². The van der Waals surface area contributed by atoms with Crippen LogP contribution in [0.3, 0.4) is 0 Å². The van der Waals surface area contributed by atoms with Crippen LogP contribution in [0.4, 0.5) is 0 Å². The standard InChI is InChI=1S/C6H12N2.2H2O.Pt/c7-5-3-1-2-4-6(5)8;;;/h5-8H,1-4H2;2*1H2;/q-2;;;+2/t5-,6-;;;/m1.../s1. The molecule has 0 radical (unpaired) electrons. The molecular formula is C6H16N2O2Pt. The molecule has 1 rings (SSSR count). The van der Waals surface area contributed by atoms with Gasteiger partial charge in [0.25, 0.3) is 0 Å². The molecule has 0 bridgehead atoms. The Kier molecular flexibility index (Phi) is 13.8. The number of nitrogens with one attached hydrogen (secondary N) is 2. The van der Waals surface area contributed by atoms with Gasteiger partial charge in [-0.2, -0.15) is 12.1 Å². The van der Waals surface area contributed by atoms with Gasteiger partial charge in [0.05, 0.1) is 0 Å². The van der Waals surface area contributed by atoms with E-state index in [1.54, 1.807) is 0 Å². The molecule has 0 amide bonds. The van der Waals surface area contributed by atoms with E-state index in [-0.39, 0.29) is 44.1 Å². The Morgan fingerprint density at radius 2 is 1.09 bits per heavy atom. The van der Waals surface area contributed by atoms with Gasteiger partial charge in [-0.3, -0.25) is 0 Å². The fourth-order valence-electron chi connectivity index (χ4n) is 1.13. The van der Waals surface area contributed by atoms with Crippen LogP contribution < -0.4 is 0 Å². The Bertz CT molecular complexity index is 75.0. The number of rotatable bonds is 0. The van der Waals surface area contributed by atoms with Crippen molar-refractivity contribution in [1.29, 1.82) is 0 Å². The summed E-state index contributed by atoms with van der Waals surface area (Å²) in [6.07, 6.45) is 4.25. The van der Waals surface area contributed by atoms with Gasteiger partial charge in [0, 0.05) is 0 Å². The SMILES string of the molecule is O.O.[NH-][C@@H]1CCCC[C@H]1[NH-].[Pt+2]. The monoisotopic (exact) mass is 343 g/mol. The molecule has 0 aromatic carbocycles. The minimum Gasteiger partial charge on any atom is -0.676 e. The number of hydrogen-bond donors (Lipinski definition) is 0. The summed E-state index contributed by atoms with van der Waals surface area (Å²) in [5, 5.41) is 0. The molecule has 4 nitrogen and oxygen atoms in total. The summed E-state index contributed by atoms with van der Waals surface area (Å²) in [5.74, 6) is 0. The van der Waals surface area contributed by atoms with Gasteiger partial charge in [-0.05, 0) is 0 Å². The molecule has 1 saturated carbocycles. The maximum atomic E-state index is 7.29. The van der Waals surface area contributed by atoms with Gasteiger partial charge < -0.3 is 22.4 Å². The van der Waals surface area contributed by atoms with Crippen LogP contribution in [0.15, 0.2) is 0 Å². The number of hydrogen-bond acceptors (Lipinski definition) is 0. The normalized spacial score (nSPS) is 28.9. The molecule has 6 N–H and O–H groups in total. The first kappa shape index (κ1) is 17.6. The Hall–Kier alpha value is 0.528. The third-order valence-corrected chi connectivity index (χ3v) is 1.77. The molecule has 1 aliphatic rings. The molecule has 0 heterocycles. The van der Waals surface area contributed by atoms with E-state index in [1.807, 2.05) is 0 Å². The summed E-state index contributed by atoms with van der Waals surface area (Å²) in [5.41, 5.74) is 14.6. The van der Waals surface area contributed by atoms with Crippen molar-refractivity contribution in [3.8, 4) is 0 Å². The smallest absolute Gasteiger partial charge is 0.676 e. The van der Waals surface area contributed by atoms with Crippen LogP contribution in [0, 0.1) is 0 Å². The van der Waals surface area contributed by atoms with E-state index in [9.17, 15) is 0 Å². The van der Waals surface area contributed by atoms with Crippen LogP contribution in [0.5, 0.6) is 0 Å². The first-order valence-corrected chi connectivity index (χ1v) is 3.23. The molecule has 0 aromatic rings. The first-order chi connectivity index (χ1) is 3.80. The van der Waals surface area contributed by atoms with Crippen molar-refractivity contribution in [2.45, 2.75) is 37.8 Å². The molecule has 0 aromatic heterocycles. The Balaban J connectivity index is -0.000000213. The third-order valence-electron chi connectivity index (χ3n) is 1.77. The van der Waals surface area contributed by atoms with E-state index < -0.39 is 0 Å². The van der Waals surface area contributed by atoms with Gasteiger partial charge in [-0.15, -0.1) is 0 Å². The summed E-state index contributed by atoms with van der Waals surface area (Å²) >= 11 is 0. The van der Waals surface area contributed by atoms with Gasteiger partial charge in [0.1, 0.15) is 0 Å². The van der Waals surface area contributed by atoms with Crippen molar-refractivity contribution in [2.75, 3.05) is 0 Å². The van der Waals surface area contributed by atoms with Crippen LogP contribution in [-0.2, 0) is 21.1 Å². The van der Waals surface area contributed by atoms with Crippen molar-refractivity contribution in [2.24, 2.45) is 0 Å². The molecule has 0 saturated heterocycles. The van der Waals surface area contributed by atoms with E-state index in [4.69, 9.17) is 11.5 Å². The van der Waals surface area contributed by atoms with Crippen LogP contribution in [0.1, 0.15) is 25.7 Å². The van der Waals surface area contributed by atoms with E-state index >= 15 is 0 Å². The Morgan fingerprint density at radius 3 is 1.27 bits per heavy atom. The van der Waals surface area contributed by atoms with Crippen LogP contribution in [-0.4, -0.2) is 23.0 Å². The van der Waals surface area contributed by atoms with E-state index in [2.05, 4.69) is 0 Å². The Labute approximate surface area is 81.6 Å². The van der Waals surface area contributed by atoms with Gasteiger partial charge in [-0.25, -0.2) is 0 Å². The third kappa shape index (κ3) is 5.76. The van der Waals surface area contributed by atoms with Gasteiger partial charge in [-0.1, -0.05) is 25.7 Å². The molecule has 5 heteroatoms.